The molecule has 2 atom stereocenters. The van der Waals surface area contributed by atoms with Crippen LogP contribution in [0.5, 0.6) is 0 Å². The van der Waals surface area contributed by atoms with E-state index in [0.29, 0.717) is 18.0 Å². The molecule has 172 valence electrons. The Kier molecular flexibility index (Phi) is 7.73. The quantitative estimate of drug-likeness (QED) is 0.586. The van der Waals surface area contributed by atoms with Crippen molar-refractivity contribution in [3.05, 3.63) is 59.3 Å². The summed E-state index contributed by atoms with van der Waals surface area (Å²) in [7, 11) is 2.16. The maximum absolute atomic E-state index is 12.6. The number of pyridine rings is 1. The minimum atomic E-state index is -0.605. The molecule has 1 amide bonds. The molecule has 1 aromatic carbocycles. The Morgan fingerprint density at radius 1 is 1.25 bits per heavy atom. The molecule has 2 aliphatic heterocycles. The van der Waals surface area contributed by atoms with Crippen LogP contribution in [-0.4, -0.2) is 78.2 Å². The van der Waals surface area contributed by atoms with Crippen LogP contribution in [0.15, 0.2) is 42.6 Å². The van der Waals surface area contributed by atoms with Crippen LogP contribution in [0.1, 0.15) is 34.3 Å². The average molecular weight is 438 g/mol. The van der Waals surface area contributed by atoms with E-state index in [4.69, 9.17) is 0 Å². The molecule has 1 saturated heterocycles. The number of carbonyl (C=O) groups excluding carboxylic acids is 1. The van der Waals surface area contributed by atoms with Crippen molar-refractivity contribution in [2.45, 2.75) is 31.9 Å². The number of nitrogens with one attached hydrogen (secondary N) is 2. The van der Waals surface area contributed by atoms with E-state index in [1.54, 1.807) is 18.3 Å². The number of aliphatic hydroxyl groups is 1. The van der Waals surface area contributed by atoms with Crippen LogP contribution >= 0.6 is 0 Å². The van der Waals surface area contributed by atoms with E-state index in [1.165, 1.54) is 30.5 Å². The number of fused-ring (bicyclic) bond motifs is 1. The van der Waals surface area contributed by atoms with Gasteiger partial charge in [-0.2, -0.15) is 0 Å². The summed E-state index contributed by atoms with van der Waals surface area (Å²) in [6, 6.07) is 12.0. The van der Waals surface area contributed by atoms with Gasteiger partial charge in [0.05, 0.1) is 6.10 Å². The molecule has 1 fully saturated rings. The zero-order chi connectivity index (χ0) is 22.3. The second-order valence-corrected chi connectivity index (χ2v) is 9.20. The van der Waals surface area contributed by atoms with Crippen molar-refractivity contribution in [3.63, 3.8) is 0 Å². The Labute approximate surface area is 190 Å². The lowest BCUT2D eigenvalue weighted by Gasteiger charge is -2.30. The molecular formula is C25H35N5O2. The lowest BCUT2D eigenvalue weighted by molar-refractivity contribution is 0.0842. The summed E-state index contributed by atoms with van der Waals surface area (Å²) in [5, 5.41) is 16.7. The van der Waals surface area contributed by atoms with E-state index in [0.717, 1.165) is 38.4 Å². The number of aliphatic hydroxyl groups excluding tert-OH is 1. The minimum Gasteiger partial charge on any atom is -0.390 e. The van der Waals surface area contributed by atoms with Gasteiger partial charge in [-0.05, 0) is 62.0 Å². The highest BCUT2D eigenvalue weighted by Gasteiger charge is 2.20. The number of likely N-dealkylation sites (tertiary alicyclic amines) is 1. The fourth-order valence-electron chi connectivity index (χ4n) is 4.74. The molecule has 0 spiro atoms. The van der Waals surface area contributed by atoms with Gasteiger partial charge >= 0.3 is 0 Å². The highest BCUT2D eigenvalue weighted by Crippen LogP contribution is 2.19. The molecule has 0 radical (unpaired) electrons. The van der Waals surface area contributed by atoms with Gasteiger partial charge in [0.1, 0.15) is 5.82 Å². The molecule has 2 aromatic rings. The Bertz CT molecular complexity index is 905. The number of aromatic nitrogens is 1. The third kappa shape index (κ3) is 6.28. The fraction of sp³-hybridized carbons (Fsp3) is 0.520. The number of hydrogen-bond donors (Lipinski definition) is 3. The average Bonchev–Trinajstić information content (AvgIpc) is 2.81. The number of rotatable bonds is 8. The molecule has 4 rings (SSSR count). The molecule has 7 nitrogen and oxygen atoms in total. The van der Waals surface area contributed by atoms with Gasteiger partial charge in [-0.15, -0.1) is 0 Å². The summed E-state index contributed by atoms with van der Waals surface area (Å²) < 4.78 is 0. The molecule has 0 aliphatic carbocycles. The monoisotopic (exact) mass is 437 g/mol. The molecule has 0 saturated carbocycles. The first-order chi connectivity index (χ1) is 15.6. The summed E-state index contributed by atoms with van der Waals surface area (Å²) >= 11 is 0. The molecular weight excluding hydrogens is 402 g/mol. The van der Waals surface area contributed by atoms with Gasteiger partial charge in [-0.25, -0.2) is 4.98 Å². The summed E-state index contributed by atoms with van der Waals surface area (Å²) in [5.74, 6) is 1.14. The molecule has 0 bridgehead atoms. The van der Waals surface area contributed by atoms with Gasteiger partial charge < -0.3 is 20.6 Å². The molecule has 3 N–H and O–H groups in total. The van der Waals surface area contributed by atoms with Crippen molar-refractivity contribution < 1.29 is 9.90 Å². The molecule has 1 aromatic heterocycles. The van der Waals surface area contributed by atoms with Crippen LogP contribution in [0.4, 0.5) is 5.82 Å². The third-order valence-corrected chi connectivity index (χ3v) is 6.49. The van der Waals surface area contributed by atoms with Crippen LogP contribution in [0.3, 0.4) is 0 Å². The lowest BCUT2D eigenvalue weighted by Crippen LogP contribution is -2.42. The van der Waals surface area contributed by atoms with Gasteiger partial charge in [-0.3, -0.25) is 9.69 Å². The van der Waals surface area contributed by atoms with E-state index in [-0.39, 0.29) is 12.5 Å². The van der Waals surface area contributed by atoms with Crippen LogP contribution in [0.2, 0.25) is 0 Å². The molecule has 2 unspecified atom stereocenters. The number of piperidine rings is 1. The molecule has 32 heavy (non-hydrogen) atoms. The lowest BCUT2D eigenvalue weighted by atomic mass is 9.98. The van der Waals surface area contributed by atoms with Crippen LogP contribution in [0, 0.1) is 5.92 Å². The predicted octanol–water partition coefficient (Wildman–Crippen LogP) is 1.98. The topological polar surface area (TPSA) is 80.7 Å². The first-order valence-electron chi connectivity index (χ1n) is 11.7. The first-order valence-corrected chi connectivity index (χ1v) is 11.7. The van der Waals surface area contributed by atoms with Gasteiger partial charge in [0.2, 0.25) is 0 Å². The summed E-state index contributed by atoms with van der Waals surface area (Å²) in [6.45, 7) is 5.68. The van der Waals surface area contributed by atoms with E-state index in [2.05, 4.69) is 56.7 Å². The van der Waals surface area contributed by atoms with Crippen molar-refractivity contribution in [1.29, 1.82) is 0 Å². The van der Waals surface area contributed by atoms with Crippen LogP contribution in [0.25, 0.3) is 0 Å². The van der Waals surface area contributed by atoms with Crippen molar-refractivity contribution in [2.24, 2.45) is 5.92 Å². The zero-order valence-corrected chi connectivity index (χ0v) is 19.0. The normalized spacial score (nSPS) is 20.4. The highest BCUT2D eigenvalue weighted by atomic mass is 16.3. The van der Waals surface area contributed by atoms with Crippen molar-refractivity contribution in [2.75, 3.05) is 51.6 Å². The number of nitrogens with zero attached hydrogens (tertiary/aromatic N) is 3. The Hall–Kier alpha value is -2.48. The van der Waals surface area contributed by atoms with Gasteiger partial charge in [0.25, 0.3) is 5.91 Å². The second-order valence-electron chi connectivity index (χ2n) is 9.20. The highest BCUT2D eigenvalue weighted by molar-refractivity contribution is 5.94. The van der Waals surface area contributed by atoms with Crippen molar-refractivity contribution in [3.8, 4) is 0 Å². The minimum absolute atomic E-state index is 0.184. The number of anilines is 1. The van der Waals surface area contributed by atoms with Crippen LogP contribution in [-0.2, 0) is 13.0 Å². The Morgan fingerprint density at radius 2 is 2.09 bits per heavy atom. The van der Waals surface area contributed by atoms with Crippen LogP contribution < -0.4 is 10.6 Å². The second kappa shape index (κ2) is 10.9. The maximum atomic E-state index is 12.6. The predicted molar refractivity (Wildman–Crippen MR) is 127 cm³/mol. The van der Waals surface area contributed by atoms with Gasteiger partial charge in [0, 0.05) is 51.0 Å². The number of β-amino-alcohol motifs (C(OH)–C–C–N with tert-alkyl or cyclic N) is 1. The fourth-order valence-corrected chi connectivity index (χ4v) is 4.74. The summed E-state index contributed by atoms with van der Waals surface area (Å²) in [4.78, 5) is 21.6. The zero-order valence-electron chi connectivity index (χ0n) is 19.0. The first kappa shape index (κ1) is 22.7. The third-order valence-electron chi connectivity index (χ3n) is 6.49. The SMILES string of the molecule is CN1CCCC(CNc2cc(C(=O)NCC(O)CN3CCc4ccccc4C3)ccn2)C1. The van der Waals surface area contributed by atoms with Gasteiger partial charge in [-0.1, -0.05) is 24.3 Å². The standard InChI is InChI=1S/C25H35N5O2/c1-29-11-4-5-19(16-29)14-27-24-13-21(8-10-26-24)25(32)28-15-23(31)18-30-12-9-20-6-2-3-7-22(20)17-30/h2-3,6-8,10,13,19,23,31H,4-5,9,11-12,14-18H2,1H3,(H,26,27)(H,28,32). The van der Waals surface area contributed by atoms with E-state index in [1.807, 2.05) is 0 Å². The number of amides is 1. The van der Waals surface area contributed by atoms with E-state index in [9.17, 15) is 9.90 Å². The summed E-state index contributed by atoms with van der Waals surface area (Å²) in [6.07, 6.45) is 4.50. The molecule has 7 heteroatoms. The maximum Gasteiger partial charge on any atom is 0.251 e. The number of carbonyl (C=O) groups is 1. The molecule has 3 heterocycles. The van der Waals surface area contributed by atoms with Gasteiger partial charge in [0.15, 0.2) is 0 Å². The number of benzene rings is 1. The number of hydrogen-bond acceptors (Lipinski definition) is 6. The Morgan fingerprint density at radius 3 is 2.94 bits per heavy atom. The Balaban J connectivity index is 1.22. The van der Waals surface area contributed by atoms with E-state index < -0.39 is 6.10 Å². The summed E-state index contributed by atoms with van der Waals surface area (Å²) in [5.41, 5.74) is 3.28. The largest absolute Gasteiger partial charge is 0.390 e. The van der Waals surface area contributed by atoms with Crippen molar-refractivity contribution in [1.82, 2.24) is 20.1 Å². The smallest absolute Gasteiger partial charge is 0.251 e. The molecule has 2 aliphatic rings. The van der Waals surface area contributed by atoms with Crippen molar-refractivity contribution >= 4 is 11.7 Å². The van der Waals surface area contributed by atoms with E-state index >= 15 is 0 Å².